The van der Waals surface area contributed by atoms with Crippen LogP contribution in [0.3, 0.4) is 0 Å². The number of rotatable bonds is 12. The first-order valence-corrected chi connectivity index (χ1v) is 13.0. The summed E-state index contributed by atoms with van der Waals surface area (Å²) in [5, 5.41) is 9.30. The Morgan fingerprint density at radius 2 is 1.60 bits per heavy atom. The zero-order chi connectivity index (χ0) is 22.9. The molecular weight excluding hydrogens is 406 g/mol. The van der Waals surface area contributed by atoms with E-state index in [1.54, 1.807) is 5.48 Å². The second-order valence-corrected chi connectivity index (χ2v) is 11.5. The molecule has 0 unspecified atom stereocenters. The molecule has 0 aromatic carbocycles. The van der Waals surface area contributed by atoms with E-state index >= 15 is 0 Å². The molecule has 0 spiro atoms. The highest BCUT2D eigenvalue weighted by atomic mass is 32.2. The summed E-state index contributed by atoms with van der Waals surface area (Å²) in [5.41, 5.74) is 4.26. The molecule has 9 heteroatoms. The summed E-state index contributed by atoms with van der Waals surface area (Å²) < 4.78 is 25.2. The first-order chi connectivity index (χ1) is 14.0. The number of nitrogens with zero attached hydrogens (tertiary/aromatic N) is 1. The number of carbonyl (C=O) groups is 2. The monoisotopic (exact) mass is 447 g/mol. The Balaban J connectivity index is 3.03. The van der Waals surface area contributed by atoms with E-state index in [1.807, 2.05) is 27.7 Å². The molecule has 1 fully saturated rings. The van der Waals surface area contributed by atoms with Crippen LogP contribution in [0.5, 0.6) is 0 Å². The molecule has 0 aromatic rings. The zero-order valence-electron chi connectivity index (χ0n) is 19.2. The van der Waals surface area contributed by atoms with Crippen LogP contribution < -0.4 is 10.9 Å². The van der Waals surface area contributed by atoms with Gasteiger partial charge < -0.3 is 0 Å². The zero-order valence-corrected chi connectivity index (χ0v) is 20.0. The minimum Gasteiger partial charge on any atom is -0.289 e. The Morgan fingerprint density at radius 3 is 2.07 bits per heavy atom. The van der Waals surface area contributed by atoms with Crippen LogP contribution in [0, 0.1) is 29.6 Å². The van der Waals surface area contributed by atoms with E-state index in [4.69, 9.17) is 0 Å². The van der Waals surface area contributed by atoms with Gasteiger partial charge in [-0.2, -0.15) is 0 Å². The van der Waals surface area contributed by atoms with Gasteiger partial charge in [0.1, 0.15) is 0 Å². The van der Waals surface area contributed by atoms with E-state index in [0.717, 1.165) is 29.9 Å². The lowest BCUT2D eigenvalue weighted by atomic mass is 9.78. The Kier molecular flexibility index (Phi) is 11.3. The van der Waals surface area contributed by atoms with Crippen LogP contribution in [0.1, 0.15) is 79.1 Å². The van der Waals surface area contributed by atoms with Crippen molar-refractivity contribution in [3.63, 3.8) is 0 Å². The molecule has 1 aliphatic carbocycles. The second-order valence-electron chi connectivity index (χ2n) is 9.56. The van der Waals surface area contributed by atoms with Crippen molar-refractivity contribution in [1.82, 2.24) is 15.3 Å². The van der Waals surface area contributed by atoms with Crippen molar-refractivity contribution >= 4 is 21.8 Å². The van der Waals surface area contributed by atoms with Crippen molar-refractivity contribution in [2.45, 2.75) is 79.1 Å². The van der Waals surface area contributed by atoms with Gasteiger partial charge in [-0.05, 0) is 37.0 Å². The number of sulfonamides is 1. The molecule has 30 heavy (non-hydrogen) atoms. The fraction of sp³-hybridized carbons (Fsp3) is 0.905. The topological polar surface area (TPSA) is 116 Å². The average Bonchev–Trinajstić information content (AvgIpc) is 2.65. The SMILES string of the molecule is CC(C)C[C@@H](C(=O)NN(CC(C)C)S(C)(=O)=O)[C@H](CCC1CCCCC1)C(=O)NO. The third-order valence-corrected chi connectivity index (χ3v) is 6.81. The summed E-state index contributed by atoms with van der Waals surface area (Å²) in [6, 6.07) is 0. The molecule has 0 heterocycles. The third kappa shape index (κ3) is 9.31. The minimum absolute atomic E-state index is 0.0198. The van der Waals surface area contributed by atoms with Crippen molar-refractivity contribution in [3.05, 3.63) is 0 Å². The summed E-state index contributed by atoms with van der Waals surface area (Å²) in [7, 11) is -3.65. The maximum Gasteiger partial charge on any atom is 0.247 e. The number of carbonyl (C=O) groups excluding carboxylic acids is 2. The van der Waals surface area contributed by atoms with Crippen molar-refractivity contribution < 1.29 is 23.2 Å². The first kappa shape index (κ1) is 26.8. The summed E-state index contributed by atoms with van der Waals surface area (Å²) in [5.74, 6) is -1.83. The van der Waals surface area contributed by atoms with E-state index < -0.39 is 33.7 Å². The highest BCUT2D eigenvalue weighted by molar-refractivity contribution is 7.88. The summed E-state index contributed by atoms with van der Waals surface area (Å²) >= 11 is 0. The predicted molar refractivity (Wildman–Crippen MR) is 117 cm³/mol. The van der Waals surface area contributed by atoms with E-state index in [1.165, 1.54) is 19.3 Å². The Bertz CT molecular complexity index is 645. The Labute approximate surface area is 182 Å². The number of nitrogens with one attached hydrogen (secondary N) is 2. The number of amides is 2. The fourth-order valence-corrected chi connectivity index (χ4v) is 5.08. The van der Waals surface area contributed by atoms with E-state index in [9.17, 15) is 23.2 Å². The molecule has 0 bridgehead atoms. The van der Waals surface area contributed by atoms with Gasteiger partial charge in [-0.1, -0.05) is 59.8 Å². The van der Waals surface area contributed by atoms with Gasteiger partial charge in [0.15, 0.2) is 0 Å². The fourth-order valence-electron chi connectivity index (χ4n) is 4.25. The molecule has 1 saturated carbocycles. The van der Waals surface area contributed by atoms with Crippen LogP contribution in [0.4, 0.5) is 0 Å². The molecule has 176 valence electrons. The molecule has 0 saturated heterocycles. The molecule has 0 radical (unpaired) electrons. The lowest BCUT2D eigenvalue weighted by molar-refractivity contribution is -0.142. The lowest BCUT2D eigenvalue weighted by Crippen LogP contribution is -2.51. The highest BCUT2D eigenvalue weighted by Gasteiger charge is 2.36. The maximum absolute atomic E-state index is 13.2. The summed E-state index contributed by atoms with van der Waals surface area (Å²) in [6.07, 6.45) is 8.67. The Hall–Kier alpha value is -1.19. The van der Waals surface area contributed by atoms with Crippen LogP contribution in [0.15, 0.2) is 0 Å². The predicted octanol–water partition coefficient (Wildman–Crippen LogP) is 3.08. The molecule has 2 atom stereocenters. The summed E-state index contributed by atoms with van der Waals surface area (Å²) in [6.45, 7) is 7.79. The maximum atomic E-state index is 13.2. The first-order valence-electron chi connectivity index (χ1n) is 11.2. The van der Waals surface area contributed by atoms with Gasteiger partial charge in [0.25, 0.3) is 0 Å². The number of hydrogen-bond acceptors (Lipinski definition) is 5. The number of hydrazine groups is 1. The van der Waals surface area contributed by atoms with Gasteiger partial charge in [-0.3, -0.25) is 20.2 Å². The van der Waals surface area contributed by atoms with E-state index in [-0.39, 0.29) is 18.4 Å². The molecule has 2 amide bonds. The van der Waals surface area contributed by atoms with Gasteiger partial charge in [0, 0.05) is 6.54 Å². The van der Waals surface area contributed by atoms with Crippen LogP contribution in [0.25, 0.3) is 0 Å². The van der Waals surface area contributed by atoms with Gasteiger partial charge in [0.2, 0.25) is 21.8 Å². The minimum atomic E-state index is -3.65. The van der Waals surface area contributed by atoms with Crippen molar-refractivity contribution in [2.24, 2.45) is 29.6 Å². The van der Waals surface area contributed by atoms with E-state index in [2.05, 4.69) is 5.43 Å². The number of hydroxylamine groups is 1. The van der Waals surface area contributed by atoms with Crippen molar-refractivity contribution in [1.29, 1.82) is 0 Å². The average molecular weight is 448 g/mol. The third-order valence-electron chi connectivity index (χ3n) is 5.77. The molecule has 8 nitrogen and oxygen atoms in total. The second kappa shape index (κ2) is 12.6. The van der Waals surface area contributed by atoms with Crippen LogP contribution in [0.2, 0.25) is 0 Å². The highest BCUT2D eigenvalue weighted by Crippen LogP contribution is 2.32. The van der Waals surface area contributed by atoms with Crippen LogP contribution >= 0.6 is 0 Å². The van der Waals surface area contributed by atoms with Crippen molar-refractivity contribution in [3.8, 4) is 0 Å². The van der Waals surface area contributed by atoms with Crippen molar-refractivity contribution in [2.75, 3.05) is 12.8 Å². The molecular formula is C21H41N3O5S. The van der Waals surface area contributed by atoms with Gasteiger partial charge in [0.05, 0.1) is 18.1 Å². The smallest absolute Gasteiger partial charge is 0.247 e. The largest absolute Gasteiger partial charge is 0.289 e. The van der Waals surface area contributed by atoms with Crippen LogP contribution in [-0.4, -0.2) is 42.7 Å². The normalized spacial score (nSPS) is 17.9. The molecule has 3 N–H and O–H groups in total. The van der Waals surface area contributed by atoms with Gasteiger partial charge >= 0.3 is 0 Å². The molecule has 1 rings (SSSR count). The molecule has 1 aliphatic rings. The lowest BCUT2D eigenvalue weighted by Gasteiger charge is -2.31. The quantitative estimate of drug-likeness (QED) is 0.314. The summed E-state index contributed by atoms with van der Waals surface area (Å²) in [4.78, 5) is 25.7. The standard InChI is InChI=1S/C21H41N3O5S/c1-15(2)13-19(20(25)22-24(14-16(3)4)30(5,28)29)18(21(26)23-27)12-11-17-9-7-6-8-10-17/h15-19,27H,6-14H2,1-5H3,(H,22,25)(H,23,26)/t18-,19+/m0/s1. The van der Waals surface area contributed by atoms with E-state index in [0.29, 0.717) is 18.8 Å². The molecule has 0 aromatic heterocycles. The van der Waals surface area contributed by atoms with Gasteiger partial charge in [-0.15, -0.1) is 4.41 Å². The van der Waals surface area contributed by atoms with Gasteiger partial charge in [-0.25, -0.2) is 13.9 Å². The van der Waals surface area contributed by atoms with Crippen LogP contribution in [-0.2, 0) is 19.6 Å². The molecule has 0 aliphatic heterocycles. The Morgan fingerprint density at radius 1 is 1.00 bits per heavy atom. The number of hydrogen-bond donors (Lipinski definition) is 3.